The molecule has 0 aliphatic heterocycles. The lowest BCUT2D eigenvalue weighted by atomic mass is 10.0. The van der Waals surface area contributed by atoms with E-state index in [1.807, 2.05) is 36.4 Å². The molecule has 0 aliphatic carbocycles. The Morgan fingerprint density at radius 1 is 1.21 bits per heavy atom. The summed E-state index contributed by atoms with van der Waals surface area (Å²) in [5.74, 6) is 0. The van der Waals surface area contributed by atoms with Gasteiger partial charge in [-0.15, -0.1) is 0 Å². The van der Waals surface area contributed by atoms with Gasteiger partial charge in [0.15, 0.2) is 0 Å². The van der Waals surface area contributed by atoms with E-state index in [0.29, 0.717) is 5.56 Å². The molecular weight excluding hydrogens is 300 g/mol. The molecule has 0 aliphatic rings. The molecule has 2 aromatic rings. The van der Waals surface area contributed by atoms with E-state index in [1.165, 1.54) is 5.56 Å². The molecule has 1 atom stereocenters. The summed E-state index contributed by atoms with van der Waals surface area (Å²) in [5, 5.41) is 12.4. The Labute approximate surface area is 122 Å². The van der Waals surface area contributed by atoms with Gasteiger partial charge in [-0.05, 0) is 46.1 Å². The van der Waals surface area contributed by atoms with Gasteiger partial charge < -0.3 is 5.32 Å². The first-order valence-electron chi connectivity index (χ1n) is 6.25. The maximum atomic E-state index is 8.87. The molecule has 1 unspecified atom stereocenters. The fourth-order valence-electron chi connectivity index (χ4n) is 2.00. The van der Waals surface area contributed by atoms with Crippen LogP contribution in [0.25, 0.3) is 0 Å². The van der Waals surface area contributed by atoms with Crippen molar-refractivity contribution in [3.8, 4) is 6.07 Å². The van der Waals surface area contributed by atoms with Crippen molar-refractivity contribution >= 4 is 21.6 Å². The van der Waals surface area contributed by atoms with Gasteiger partial charge in [0.25, 0.3) is 0 Å². The van der Waals surface area contributed by atoms with Crippen LogP contribution in [0.2, 0.25) is 0 Å². The van der Waals surface area contributed by atoms with Crippen molar-refractivity contribution in [3.63, 3.8) is 0 Å². The largest absolute Gasteiger partial charge is 0.377 e. The van der Waals surface area contributed by atoms with Gasteiger partial charge in [-0.25, -0.2) is 0 Å². The van der Waals surface area contributed by atoms with Crippen molar-refractivity contribution in [3.05, 3.63) is 64.1 Å². The molecule has 19 heavy (non-hydrogen) atoms. The van der Waals surface area contributed by atoms with Crippen molar-refractivity contribution < 1.29 is 0 Å². The molecule has 0 aromatic heterocycles. The van der Waals surface area contributed by atoms with E-state index in [2.05, 4.69) is 46.4 Å². The van der Waals surface area contributed by atoms with Crippen molar-refractivity contribution in [2.24, 2.45) is 0 Å². The van der Waals surface area contributed by atoms with E-state index in [9.17, 15) is 0 Å². The van der Waals surface area contributed by atoms with Crippen LogP contribution in [0, 0.1) is 11.3 Å². The molecule has 2 aromatic carbocycles. The summed E-state index contributed by atoms with van der Waals surface area (Å²) >= 11 is 3.50. The monoisotopic (exact) mass is 314 g/mol. The lowest BCUT2D eigenvalue weighted by molar-refractivity contribution is 0.749. The van der Waals surface area contributed by atoms with Gasteiger partial charge in [-0.2, -0.15) is 5.26 Å². The summed E-state index contributed by atoms with van der Waals surface area (Å²) in [6.07, 6.45) is 0.996. The Morgan fingerprint density at radius 2 is 1.95 bits per heavy atom. The maximum absolute atomic E-state index is 8.87. The summed E-state index contributed by atoms with van der Waals surface area (Å²) in [7, 11) is 0. The number of nitrogens with one attached hydrogen (secondary N) is 1. The smallest absolute Gasteiger partial charge is 0.0992 e. The first-order chi connectivity index (χ1) is 9.24. The van der Waals surface area contributed by atoms with E-state index in [0.717, 1.165) is 16.6 Å². The van der Waals surface area contributed by atoms with Crippen LogP contribution in [0.4, 0.5) is 5.69 Å². The Hall–Kier alpha value is -1.79. The SMILES string of the molecule is CCC(Nc1ccc(C#N)cc1Br)c1ccccc1. The Balaban J connectivity index is 2.22. The molecule has 0 amide bonds. The summed E-state index contributed by atoms with van der Waals surface area (Å²) < 4.78 is 0.918. The number of benzene rings is 2. The van der Waals surface area contributed by atoms with Gasteiger partial charge in [0.05, 0.1) is 17.7 Å². The number of nitriles is 1. The lowest BCUT2D eigenvalue weighted by Gasteiger charge is -2.19. The Bertz CT molecular complexity index is 587. The molecule has 96 valence electrons. The third-order valence-corrected chi connectivity index (χ3v) is 3.69. The zero-order valence-corrected chi connectivity index (χ0v) is 12.3. The van der Waals surface area contributed by atoms with E-state index >= 15 is 0 Å². The number of nitrogens with zero attached hydrogens (tertiary/aromatic N) is 1. The van der Waals surface area contributed by atoms with Crippen LogP contribution >= 0.6 is 15.9 Å². The van der Waals surface area contributed by atoms with Crippen LogP contribution in [0.3, 0.4) is 0 Å². The minimum atomic E-state index is 0.269. The topological polar surface area (TPSA) is 35.8 Å². The van der Waals surface area contributed by atoms with Gasteiger partial charge in [-0.3, -0.25) is 0 Å². The first kappa shape index (κ1) is 13.6. The molecular formula is C16H15BrN2. The van der Waals surface area contributed by atoms with Crippen LogP contribution in [0.1, 0.15) is 30.5 Å². The molecule has 1 N–H and O–H groups in total. The van der Waals surface area contributed by atoms with Crippen molar-refractivity contribution in [1.82, 2.24) is 0 Å². The zero-order chi connectivity index (χ0) is 13.7. The minimum absolute atomic E-state index is 0.269. The molecule has 0 saturated heterocycles. The molecule has 0 saturated carbocycles. The average molecular weight is 315 g/mol. The third-order valence-electron chi connectivity index (χ3n) is 3.04. The van der Waals surface area contributed by atoms with Crippen LogP contribution in [0.15, 0.2) is 53.0 Å². The fraction of sp³-hybridized carbons (Fsp3) is 0.188. The van der Waals surface area contributed by atoms with Crippen molar-refractivity contribution in [2.75, 3.05) is 5.32 Å². The summed E-state index contributed by atoms with van der Waals surface area (Å²) in [6, 6.07) is 18.4. The highest BCUT2D eigenvalue weighted by Crippen LogP contribution is 2.28. The highest BCUT2D eigenvalue weighted by molar-refractivity contribution is 9.10. The second-order valence-corrected chi connectivity index (χ2v) is 5.18. The molecule has 2 rings (SSSR count). The third kappa shape index (κ3) is 3.36. The average Bonchev–Trinajstić information content (AvgIpc) is 2.47. The summed E-state index contributed by atoms with van der Waals surface area (Å²) in [4.78, 5) is 0. The van der Waals surface area contributed by atoms with E-state index in [1.54, 1.807) is 0 Å². The Morgan fingerprint density at radius 3 is 2.53 bits per heavy atom. The van der Waals surface area contributed by atoms with Crippen molar-refractivity contribution in [2.45, 2.75) is 19.4 Å². The number of halogens is 1. The molecule has 2 nitrogen and oxygen atoms in total. The molecule has 0 fully saturated rings. The standard InChI is InChI=1S/C16H15BrN2/c1-2-15(13-6-4-3-5-7-13)19-16-9-8-12(11-18)10-14(16)17/h3-10,15,19H,2H2,1H3. The quantitative estimate of drug-likeness (QED) is 0.872. The predicted octanol–water partition coefficient (Wildman–Crippen LogP) is 4.88. The van der Waals surface area contributed by atoms with Crippen LogP contribution in [-0.4, -0.2) is 0 Å². The molecule has 0 spiro atoms. The van der Waals surface area contributed by atoms with E-state index in [-0.39, 0.29) is 6.04 Å². The highest BCUT2D eigenvalue weighted by Gasteiger charge is 2.10. The second-order valence-electron chi connectivity index (χ2n) is 4.32. The molecule has 0 heterocycles. The van der Waals surface area contributed by atoms with E-state index < -0.39 is 0 Å². The maximum Gasteiger partial charge on any atom is 0.0992 e. The second kappa shape index (κ2) is 6.40. The normalized spacial score (nSPS) is 11.6. The van der Waals surface area contributed by atoms with Crippen LogP contribution < -0.4 is 5.32 Å². The molecule has 0 bridgehead atoms. The van der Waals surface area contributed by atoms with Gasteiger partial charge in [0, 0.05) is 10.2 Å². The number of hydrogen-bond acceptors (Lipinski definition) is 2. The molecule has 0 radical (unpaired) electrons. The Kier molecular flexibility index (Phi) is 4.59. The number of rotatable bonds is 4. The van der Waals surface area contributed by atoms with Gasteiger partial charge in [0.1, 0.15) is 0 Å². The summed E-state index contributed by atoms with van der Waals surface area (Å²) in [6.45, 7) is 2.15. The van der Waals surface area contributed by atoms with Crippen LogP contribution in [0.5, 0.6) is 0 Å². The summed E-state index contributed by atoms with van der Waals surface area (Å²) in [5.41, 5.74) is 2.93. The van der Waals surface area contributed by atoms with Gasteiger partial charge in [-0.1, -0.05) is 37.3 Å². The fourth-order valence-corrected chi connectivity index (χ4v) is 2.49. The lowest BCUT2D eigenvalue weighted by Crippen LogP contribution is -2.09. The molecule has 3 heteroatoms. The number of anilines is 1. The number of hydrogen-bond donors (Lipinski definition) is 1. The zero-order valence-electron chi connectivity index (χ0n) is 10.7. The van der Waals surface area contributed by atoms with Gasteiger partial charge in [0.2, 0.25) is 0 Å². The van der Waals surface area contributed by atoms with Crippen molar-refractivity contribution in [1.29, 1.82) is 5.26 Å². The van der Waals surface area contributed by atoms with Crippen LogP contribution in [-0.2, 0) is 0 Å². The predicted molar refractivity (Wildman–Crippen MR) is 82.0 cm³/mol. The first-order valence-corrected chi connectivity index (χ1v) is 7.05. The van der Waals surface area contributed by atoms with Gasteiger partial charge >= 0.3 is 0 Å². The highest BCUT2D eigenvalue weighted by atomic mass is 79.9. The minimum Gasteiger partial charge on any atom is -0.377 e. The van der Waals surface area contributed by atoms with E-state index in [4.69, 9.17) is 5.26 Å².